The molecule has 9 nitrogen and oxygen atoms in total. The molecule has 0 fully saturated rings. The molecule has 0 radical (unpaired) electrons. The van der Waals surface area contributed by atoms with E-state index in [1.54, 1.807) is 24.3 Å². The van der Waals surface area contributed by atoms with Gasteiger partial charge in [0, 0.05) is 6.07 Å². The highest BCUT2D eigenvalue weighted by molar-refractivity contribution is 5.97. The second kappa shape index (κ2) is 11.5. The van der Waals surface area contributed by atoms with E-state index in [4.69, 9.17) is 9.47 Å². The monoisotopic (exact) mass is 473 g/mol. The van der Waals surface area contributed by atoms with Gasteiger partial charge in [0.1, 0.15) is 18.1 Å². The Hall–Kier alpha value is -4.28. The molecule has 2 aromatic carbocycles. The number of amides is 1. The van der Waals surface area contributed by atoms with E-state index < -0.39 is 30.2 Å². The van der Waals surface area contributed by atoms with Gasteiger partial charge in [-0.15, -0.1) is 0 Å². The molecular weight excluding hydrogens is 452 g/mol. The lowest BCUT2D eigenvalue weighted by molar-refractivity contribution is -0.123. The summed E-state index contributed by atoms with van der Waals surface area (Å²) in [6.07, 6.45) is -1.30. The number of anilines is 1. The molecule has 1 heterocycles. The SMILES string of the molecule is CC(OC(=O)c1ccc(=O)n(CCOc2ccccc2)n1)C(=O)Nc1ccccc1OC(F)F. The van der Waals surface area contributed by atoms with Gasteiger partial charge in [0.25, 0.3) is 11.5 Å². The minimum Gasteiger partial charge on any atom is -0.492 e. The molecule has 3 aromatic rings. The van der Waals surface area contributed by atoms with Crippen LogP contribution in [-0.2, 0) is 16.1 Å². The third-order valence-electron chi connectivity index (χ3n) is 4.40. The molecule has 0 saturated carbocycles. The van der Waals surface area contributed by atoms with Gasteiger partial charge in [0.05, 0.1) is 12.2 Å². The van der Waals surface area contributed by atoms with Gasteiger partial charge < -0.3 is 19.5 Å². The Morgan fingerprint density at radius 2 is 1.74 bits per heavy atom. The van der Waals surface area contributed by atoms with Crippen molar-refractivity contribution in [2.24, 2.45) is 0 Å². The van der Waals surface area contributed by atoms with E-state index in [0.29, 0.717) is 5.75 Å². The number of esters is 1. The first-order valence-electron chi connectivity index (χ1n) is 10.1. The quantitative estimate of drug-likeness (QED) is 0.451. The smallest absolute Gasteiger partial charge is 0.387 e. The number of rotatable bonds is 10. The largest absolute Gasteiger partial charge is 0.492 e. The van der Waals surface area contributed by atoms with Crippen LogP contribution >= 0.6 is 0 Å². The number of carbonyl (C=O) groups is 2. The van der Waals surface area contributed by atoms with Crippen LogP contribution in [0.25, 0.3) is 0 Å². The molecule has 1 amide bonds. The summed E-state index contributed by atoms with van der Waals surface area (Å²) in [7, 11) is 0. The van der Waals surface area contributed by atoms with Crippen molar-refractivity contribution in [1.82, 2.24) is 9.78 Å². The van der Waals surface area contributed by atoms with Crippen molar-refractivity contribution in [3.63, 3.8) is 0 Å². The van der Waals surface area contributed by atoms with E-state index in [9.17, 15) is 23.2 Å². The molecule has 11 heteroatoms. The standard InChI is InChI=1S/C23H21F2N3O6/c1-15(21(30)26-17-9-5-6-10-19(17)34-23(24)25)33-22(31)18-11-12-20(29)28(27-18)13-14-32-16-7-3-2-4-8-16/h2-12,15,23H,13-14H2,1H3,(H,26,30). The summed E-state index contributed by atoms with van der Waals surface area (Å²) in [6.45, 7) is -1.57. The second-order valence-corrected chi connectivity index (χ2v) is 6.85. The molecule has 0 spiro atoms. The molecule has 34 heavy (non-hydrogen) atoms. The number of hydrogen-bond donors (Lipinski definition) is 1. The van der Waals surface area contributed by atoms with Crippen LogP contribution in [0.2, 0.25) is 0 Å². The van der Waals surface area contributed by atoms with Crippen LogP contribution in [0.15, 0.2) is 71.5 Å². The summed E-state index contributed by atoms with van der Waals surface area (Å²) >= 11 is 0. The second-order valence-electron chi connectivity index (χ2n) is 6.85. The van der Waals surface area contributed by atoms with Crippen molar-refractivity contribution < 1.29 is 32.6 Å². The average Bonchev–Trinajstić information content (AvgIpc) is 2.81. The number of halogens is 2. The third kappa shape index (κ3) is 6.86. The van der Waals surface area contributed by atoms with Crippen molar-refractivity contribution in [2.75, 3.05) is 11.9 Å². The molecule has 1 unspecified atom stereocenters. The summed E-state index contributed by atoms with van der Waals surface area (Å²) in [4.78, 5) is 36.9. The minimum atomic E-state index is -3.08. The summed E-state index contributed by atoms with van der Waals surface area (Å²) < 4.78 is 41.1. The highest BCUT2D eigenvalue weighted by Crippen LogP contribution is 2.25. The van der Waals surface area contributed by atoms with E-state index in [1.807, 2.05) is 6.07 Å². The number of nitrogens with zero attached hydrogens (tertiary/aromatic N) is 2. The first-order valence-corrected chi connectivity index (χ1v) is 10.1. The van der Waals surface area contributed by atoms with Gasteiger partial charge in [0.15, 0.2) is 11.8 Å². The van der Waals surface area contributed by atoms with Gasteiger partial charge >= 0.3 is 12.6 Å². The van der Waals surface area contributed by atoms with Crippen LogP contribution in [0.4, 0.5) is 14.5 Å². The normalized spacial score (nSPS) is 11.5. The molecule has 0 aliphatic carbocycles. The number of ether oxygens (including phenoxy) is 3. The van der Waals surface area contributed by atoms with Gasteiger partial charge in [-0.3, -0.25) is 9.59 Å². The van der Waals surface area contributed by atoms with E-state index in [1.165, 1.54) is 37.3 Å². The lowest BCUT2D eigenvalue weighted by atomic mass is 10.2. The van der Waals surface area contributed by atoms with Crippen molar-refractivity contribution in [3.8, 4) is 11.5 Å². The zero-order valence-corrected chi connectivity index (χ0v) is 18.0. The molecule has 178 valence electrons. The van der Waals surface area contributed by atoms with Gasteiger partial charge in [0.2, 0.25) is 0 Å². The summed E-state index contributed by atoms with van der Waals surface area (Å²) in [5.41, 5.74) is -0.657. The molecule has 0 aliphatic heterocycles. The molecule has 0 aliphatic rings. The van der Waals surface area contributed by atoms with Crippen molar-refractivity contribution in [1.29, 1.82) is 0 Å². The molecule has 0 bridgehead atoms. The van der Waals surface area contributed by atoms with Gasteiger partial charge in [-0.2, -0.15) is 13.9 Å². The fraction of sp³-hybridized carbons (Fsp3) is 0.217. The van der Waals surface area contributed by atoms with Crippen LogP contribution in [-0.4, -0.2) is 41.0 Å². The fourth-order valence-corrected chi connectivity index (χ4v) is 2.76. The van der Waals surface area contributed by atoms with Crippen LogP contribution in [0, 0.1) is 0 Å². The Bertz CT molecular complexity index is 1190. The van der Waals surface area contributed by atoms with E-state index in [0.717, 1.165) is 10.7 Å². The first-order chi connectivity index (χ1) is 16.3. The first kappa shape index (κ1) is 24.4. The molecule has 1 atom stereocenters. The van der Waals surface area contributed by atoms with Gasteiger partial charge in [-0.1, -0.05) is 30.3 Å². The minimum absolute atomic E-state index is 0.0132. The summed E-state index contributed by atoms with van der Waals surface area (Å²) in [5, 5.41) is 6.33. The van der Waals surface area contributed by atoms with Crippen molar-refractivity contribution in [3.05, 3.63) is 82.8 Å². The number of hydrogen-bond acceptors (Lipinski definition) is 7. The maximum absolute atomic E-state index is 12.5. The fourth-order valence-electron chi connectivity index (χ4n) is 2.76. The Labute approximate surface area is 192 Å². The van der Waals surface area contributed by atoms with Gasteiger partial charge in [-0.05, 0) is 37.3 Å². The van der Waals surface area contributed by atoms with E-state index in [-0.39, 0.29) is 30.3 Å². The third-order valence-corrected chi connectivity index (χ3v) is 4.40. The van der Waals surface area contributed by atoms with Crippen LogP contribution in [0.1, 0.15) is 17.4 Å². The predicted octanol–water partition coefficient (Wildman–Crippen LogP) is 3.11. The molecule has 1 N–H and O–H groups in total. The Balaban J connectivity index is 1.60. The van der Waals surface area contributed by atoms with Gasteiger partial charge in [-0.25, -0.2) is 9.48 Å². The summed E-state index contributed by atoms with van der Waals surface area (Å²) in [5.74, 6) is -1.34. The van der Waals surface area contributed by atoms with Crippen LogP contribution < -0.4 is 20.3 Å². The van der Waals surface area contributed by atoms with Crippen LogP contribution in [0.5, 0.6) is 11.5 Å². The van der Waals surface area contributed by atoms with Crippen molar-refractivity contribution >= 4 is 17.6 Å². The van der Waals surface area contributed by atoms with Crippen molar-refractivity contribution in [2.45, 2.75) is 26.2 Å². The molecule has 3 rings (SSSR count). The van der Waals surface area contributed by atoms with E-state index >= 15 is 0 Å². The zero-order chi connectivity index (χ0) is 24.5. The number of aromatic nitrogens is 2. The highest BCUT2D eigenvalue weighted by atomic mass is 19.3. The number of para-hydroxylation sites is 3. The molecule has 1 aromatic heterocycles. The summed E-state index contributed by atoms with van der Waals surface area (Å²) in [6, 6.07) is 16.9. The topological polar surface area (TPSA) is 109 Å². The Kier molecular flexibility index (Phi) is 8.27. The maximum Gasteiger partial charge on any atom is 0.387 e. The number of benzene rings is 2. The number of nitrogens with one attached hydrogen (secondary N) is 1. The highest BCUT2D eigenvalue weighted by Gasteiger charge is 2.22. The number of alkyl halides is 2. The number of carbonyl (C=O) groups excluding carboxylic acids is 2. The Morgan fingerprint density at radius 1 is 1.03 bits per heavy atom. The molecular formula is C23H21F2N3O6. The van der Waals surface area contributed by atoms with E-state index in [2.05, 4.69) is 15.2 Å². The molecule has 0 saturated heterocycles. The lowest BCUT2D eigenvalue weighted by Gasteiger charge is -2.15. The maximum atomic E-state index is 12.5. The average molecular weight is 473 g/mol. The lowest BCUT2D eigenvalue weighted by Crippen LogP contribution is -2.32. The predicted molar refractivity (Wildman–Crippen MR) is 117 cm³/mol. The zero-order valence-electron chi connectivity index (χ0n) is 18.0. The Morgan fingerprint density at radius 3 is 2.47 bits per heavy atom. The van der Waals surface area contributed by atoms with Crippen LogP contribution in [0.3, 0.4) is 0 Å².